The molecule has 0 fully saturated rings. The predicted octanol–water partition coefficient (Wildman–Crippen LogP) is 23.6. The van der Waals surface area contributed by atoms with Crippen molar-refractivity contribution in [2.24, 2.45) is 11.8 Å². The third kappa shape index (κ3) is 16.2. The summed E-state index contributed by atoms with van der Waals surface area (Å²) in [6.07, 6.45) is 37.6. The van der Waals surface area contributed by atoms with Gasteiger partial charge in [-0.15, -0.1) is 45.3 Å². The highest BCUT2D eigenvalue weighted by Gasteiger charge is 2.43. The molecule has 6 heterocycles. The van der Waals surface area contributed by atoms with E-state index in [1.54, 1.807) is 0 Å². The third-order valence-electron chi connectivity index (χ3n) is 17.5. The standard InChI is InChI=1S/C72H98N2O2S4/c1-7-13-17-19-21-23-25-27-29-31-37-57-49-65(79-69(57)63-39-33-45-77-63)55-41-43-59-61(47-55)73(51-53(11-5)35-15-9-3)71(75)67(59)68-60-44-42-56(48-62(60)74(72(68)76)52-54(12-6)36-16-10-4)66-50-58(70(80-66)64-40-34-46-78-64)38-32-30-28-26-24-22-20-18-14-8-2/h33-34,39-50,53-54H,7-32,35-38,51-52H2,1-6H3. The van der Waals surface area contributed by atoms with Crippen LogP contribution in [-0.4, -0.2) is 24.9 Å². The van der Waals surface area contributed by atoms with E-state index in [1.807, 2.05) is 45.3 Å². The molecule has 2 aromatic carbocycles. The van der Waals surface area contributed by atoms with Crippen LogP contribution in [0.4, 0.5) is 11.4 Å². The predicted molar refractivity (Wildman–Crippen MR) is 355 cm³/mol. The van der Waals surface area contributed by atoms with Crippen LogP contribution in [0.1, 0.15) is 244 Å². The summed E-state index contributed by atoms with van der Waals surface area (Å²) in [4.78, 5) is 43.4. The second-order valence-electron chi connectivity index (χ2n) is 23.6. The Morgan fingerprint density at radius 2 is 0.762 bits per heavy atom. The average molecular weight is 1150 g/mol. The Hall–Kier alpha value is -4.08. The second kappa shape index (κ2) is 32.7. The van der Waals surface area contributed by atoms with E-state index in [2.05, 4.69) is 135 Å². The molecule has 0 N–H and O–H groups in total. The number of nitrogens with zero attached hydrogens (tertiary/aromatic N) is 2. The topological polar surface area (TPSA) is 40.6 Å². The molecule has 2 unspecified atom stereocenters. The zero-order valence-corrected chi connectivity index (χ0v) is 53.5. The summed E-state index contributed by atoms with van der Waals surface area (Å²) >= 11 is 7.48. The highest BCUT2D eigenvalue weighted by atomic mass is 32.1. The van der Waals surface area contributed by atoms with E-state index in [4.69, 9.17) is 0 Å². The molecule has 0 radical (unpaired) electrons. The first-order valence-corrected chi connectivity index (χ1v) is 35.7. The van der Waals surface area contributed by atoms with Crippen LogP contribution in [0.2, 0.25) is 0 Å². The van der Waals surface area contributed by atoms with Crippen molar-refractivity contribution in [3.63, 3.8) is 0 Å². The lowest BCUT2D eigenvalue weighted by atomic mass is 9.94. The maximum atomic E-state index is 15.6. The minimum Gasteiger partial charge on any atom is -0.307 e. The van der Waals surface area contributed by atoms with Crippen LogP contribution < -0.4 is 9.80 Å². The highest BCUT2D eigenvalue weighted by molar-refractivity contribution is 7.24. The van der Waals surface area contributed by atoms with Crippen LogP contribution in [0.15, 0.2) is 83.6 Å². The first kappa shape index (κ1) is 62.0. The summed E-state index contributed by atoms with van der Waals surface area (Å²) in [6, 6.07) is 27.3. The SMILES string of the molecule is CCCCCCCCCCCCc1cc(-c2ccc3c(c2)N(CC(CC)CCCC)C(=O)C3=C2C(=O)N(CC(CC)CCCC)c3cc(-c4cc(CCCCCCCCCCCC)c(-c5cccs5)s4)ccc32)sc1-c1cccs1. The number of aryl methyl sites for hydroxylation is 2. The van der Waals surface area contributed by atoms with E-state index in [9.17, 15) is 0 Å². The highest BCUT2D eigenvalue weighted by Crippen LogP contribution is 2.51. The van der Waals surface area contributed by atoms with Gasteiger partial charge in [-0.05, 0) is 120 Å². The van der Waals surface area contributed by atoms with Crippen LogP contribution in [-0.2, 0) is 22.4 Å². The quantitative estimate of drug-likeness (QED) is 0.0286. The van der Waals surface area contributed by atoms with E-state index >= 15 is 9.59 Å². The van der Waals surface area contributed by atoms with Gasteiger partial charge in [-0.3, -0.25) is 9.59 Å². The number of thiophene rings is 4. The van der Waals surface area contributed by atoms with Crippen LogP contribution in [0.3, 0.4) is 0 Å². The lowest BCUT2D eigenvalue weighted by Gasteiger charge is -2.24. The molecule has 2 aliphatic rings. The Balaban J connectivity index is 1.13. The monoisotopic (exact) mass is 1150 g/mol. The first-order valence-electron chi connectivity index (χ1n) is 32.3. The Bertz CT molecular complexity index is 2650. The fraction of sp³-hybridized carbons (Fsp3) is 0.556. The van der Waals surface area contributed by atoms with E-state index in [0.717, 1.165) is 97.8 Å². The number of anilines is 2. The normalized spacial score (nSPS) is 15.0. The van der Waals surface area contributed by atoms with Gasteiger partial charge in [0.15, 0.2) is 0 Å². The van der Waals surface area contributed by atoms with Crippen LogP contribution in [0, 0.1) is 11.8 Å². The third-order valence-corrected chi connectivity index (χ3v) is 22.1. The van der Waals surface area contributed by atoms with Crippen molar-refractivity contribution in [3.05, 3.63) is 106 Å². The number of fused-ring (bicyclic) bond motifs is 2. The van der Waals surface area contributed by atoms with Crippen molar-refractivity contribution >= 4 is 79.7 Å². The molecule has 0 spiro atoms. The van der Waals surface area contributed by atoms with Gasteiger partial charge in [0.05, 0.1) is 22.5 Å². The van der Waals surface area contributed by atoms with Crippen LogP contribution in [0.5, 0.6) is 0 Å². The minimum atomic E-state index is -0.0204. The number of carbonyl (C=O) groups is 2. The summed E-state index contributed by atoms with van der Waals surface area (Å²) in [5.41, 5.74) is 10.1. The van der Waals surface area contributed by atoms with Crippen molar-refractivity contribution < 1.29 is 9.59 Å². The molecule has 0 aliphatic carbocycles. The molecule has 8 heteroatoms. The van der Waals surface area contributed by atoms with Gasteiger partial charge in [0, 0.05) is 53.5 Å². The largest absolute Gasteiger partial charge is 0.307 e. The van der Waals surface area contributed by atoms with Gasteiger partial charge in [-0.1, -0.05) is 232 Å². The molecule has 2 atom stereocenters. The number of benzene rings is 2. The second-order valence-corrected chi connectivity index (χ2v) is 27.6. The zero-order valence-electron chi connectivity index (χ0n) is 50.2. The smallest absolute Gasteiger partial charge is 0.259 e. The number of hydrogen-bond donors (Lipinski definition) is 0. The molecule has 4 nitrogen and oxygen atoms in total. The lowest BCUT2D eigenvalue weighted by Crippen LogP contribution is -2.34. The molecular formula is C72H98N2O2S4. The minimum absolute atomic E-state index is 0.0204. The molecule has 2 aliphatic heterocycles. The van der Waals surface area contributed by atoms with Gasteiger partial charge in [0.1, 0.15) is 0 Å². The van der Waals surface area contributed by atoms with Gasteiger partial charge in [-0.2, -0.15) is 0 Å². The number of unbranched alkanes of at least 4 members (excludes halogenated alkanes) is 20. The summed E-state index contributed by atoms with van der Waals surface area (Å²) in [5.74, 6) is 0.698. The molecule has 432 valence electrons. The van der Waals surface area contributed by atoms with Crippen molar-refractivity contribution in [2.45, 2.75) is 234 Å². The maximum Gasteiger partial charge on any atom is 0.259 e. The van der Waals surface area contributed by atoms with Gasteiger partial charge in [0.2, 0.25) is 0 Å². The summed E-state index contributed by atoms with van der Waals surface area (Å²) in [7, 11) is 0. The van der Waals surface area contributed by atoms with E-state index in [-0.39, 0.29) is 11.8 Å². The number of amides is 2. The van der Waals surface area contributed by atoms with Gasteiger partial charge in [-0.25, -0.2) is 0 Å². The van der Waals surface area contributed by atoms with Crippen molar-refractivity contribution in [3.8, 4) is 40.4 Å². The van der Waals surface area contributed by atoms with Gasteiger partial charge >= 0.3 is 0 Å². The average Bonchev–Trinajstić information content (AvgIpc) is 4.44. The van der Waals surface area contributed by atoms with E-state index in [1.165, 1.54) is 169 Å². The van der Waals surface area contributed by atoms with Gasteiger partial charge < -0.3 is 9.80 Å². The maximum absolute atomic E-state index is 15.6. The van der Waals surface area contributed by atoms with Gasteiger partial charge in [0.25, 0.3) is 11.8 Å². The number of carbonyl (C=O) groups excluding carboxylic acids is 2. The van der Waals surface area contributed by atoms with E-state index in [0.29, 0.717) is 36.1 Å². The Morgan fingerprint density at radius 3 is 1.10 bits per heavy atom. The summed E-state index contributed by atoms with van der Waals surface area (Å²) < 4.78 is 0. The van der Waals surface area contributed by atoms with Crippen LogP contribution >= 0.6 is 45.3 Å². The molecular weight excluding hydrogens is 1050 g/mol. The molecule has 8 rings (SSSR count). The Labute approximate surface area is 500 Å². The molecule has 6 aromatic rings. The Morgan fingerprint density at radius 1 is 0.400 bits per heavy atom. The van der Waals surface area contributed by atoms with Crippen LogP contribution in [0.25, 0.3) is 51.5 Å². The summed E-state index contributed by atoms with van der Waals surface area (Å²) in [6.45, 7) is 15.0. The lowest BCUT2D eigenvalue weighted by molar-refractivity contribution is -0.114. The zero-order chi connectivity index (χ0) is 56.1. The summed E-state index contributed by atoms with van der Waals surface area (Å²) in [5, 5.41) is 4.41. The first-order chi connectivity index (χ1) is 39.3. The molecule has 4 aromatic heterocycles. The molecule has 0 saturated carbocycles. The fourth-order valence-corrected chi connectivity index (χ4v) is 16.7. The Kier molecular flexibility index (Phi) is 25.3. The van der Waals surface area contributed by atoms with Crippen molar-refractivity contribution in [1.82, 2.24) is 0 Å². The number of rotatable bonds is 38. The fourth-order valence-electron chi connectivity index (χ4n) is 12.5. The van der Waals surface area contributed by atoms with Crippen molar-refractivity contribution in [1.29, 1.82) is 0 Å². The molecule has 80 heavy (non-hydrogen) atoms. The molecule has 0 bridgehead atoms. The number of hydrogen-bond acceptors (Lipinski definition) is 6. The molecule has 0 saturated heterocycles. The van der Waals surface area contributed by atoms with E-state index < -0.39 is 0 Å². The molecule has 2 amide bonds. The van der Waals surface area contributed by atoms with Crippen molar-refractivity contribution in [2.75, 3.05) is 22.9 Å².